The van der Waals surface area contributed by atoms with Crippen LogP contribution in [0, 0.1) is 11.7 Å². The Morgan fingerprint density at radius 3 is 2.76 bits per heavy atom. The fraction of sp³-hybridized carbons (Fsp3) is 0.500. The maximum atomic E-state index is 13.8. The highest BCUT2D eigenvalue weighted by molar-refractivity contribution is 5.90. The standard InChI is InChI=1S/C16H20FN3O/c1-20(9-11-5-3-4-6-11)16-12-7-15(21-2)13(17)8-14(12)18-10-19-16/h7-8,10-11H,3-6,9H2,1-2H3. The minimum Gasteiger partial charge on any atom is -0.494 e. The molecule has 5 heteroatoms. The number of anilines is 1. The van der Waals surface area contributed by atoms with Gasteiger partial charge in [0.2, 0.25) is 0 Å². The first-order chi connectivity index (χ1) is 10.2. The fourth-order valence-corrected chi connectivity index (χ4v) is 3.17. The molecule has 4 nitrogen and oxygen atoms in total. The van der Waals surface area contributed by atoms with Gasteiger partial charge in [-0.25, -0.2) is 14.4 Å². The van der Waals surface area contributed by atoms with Crippen LogP contribution in [-0.2, 0) is 0 Å². The van der Waals surface area contributed by atoms with Gasteiger partial charge in [0, 0.05) is 25.0 Å². The molecule has 1 saturated carbocycles. The molecule has 0 aliphatic heterocycles. The smallest absolute Gasteiger partial charge is 0.167 e. The van der Waals surface area contributed by atoms with Gasteiger partial charge in [-0.05, 0) is 24.8 Å². The molecule has 0 bridgehead atoms. The van der Waals surface area contributed by atoms with Crippen LogP contribution in [-0.4, -0.2) is 30.7 Å². The lowest BCUT2D eigenvalue weighted by Gasteiger charge is -2.23. The summed E-state index contributed by atoms with van der Waals surface area (Å²) in [5.74, 6) is 1.40. The Morgan fingerprint density at radius 2 is 2.05 bits per heavy atom. The third kappa shape index (κ3) is 2.77. The molecular formula is C16H20FN3O. The van der Waals surface area contributed by atoms with E-state index in [1.165, 1.54) is 45.2 Å². The molecule has 0 saturated heterocycles. The Hall–Kier alpha value is -1.91. The molecule has 0 N–H and O–H groups in total. The first-order valence-corrected chi connectivity index (χ1v) is 7.38. The van der Waals surface area contributed by atoms with Crippen molar-refractivity contribution in [3.8, 4) is 5.75 Å². The van der Waals surface area contributed by atoms with Crippen LogP contribution in [0.3, 0.4) is 0 Å². The summed E-state index contributed by atoms with van der Waals surface area (Å²) in [5, 5.41) is 0.830. The lowest BCUT2D eigenvalue weighted by atomic mass is 10.1. The van der Waals surface area contributed by atoms with E-state index in [9.17, 15) is 4.39 Å². The number of benzene rings is 1. The molecule has 0 radical (unpaired) electrons. The number of hydrogen-bond acceptors (Lipinski definition) is 4. The topological polar surface area (TPSA) is 38.2 Å². The van der Waals surface area contributed by atoms with Crippen molar-refractivity contribution in [3.63, 3.8) is 0 Å². The van der Waals surface area contributed by atoms with Crippen molar-refractivity contribution in [2.45, 2.75) is 25.7 Å². The van der Waals surface area contributed by atoms with E-state index in [2.05, 4.69) is 14.9 Å². The summed E-state index contributed by atoms with van der Waals surface area (Å²) in [5.41, 5.74) is 0.608. The van der Waals surface area contributed by atoms with Crippen molar-refractivity contribution in [2.75, 3.05) is 25.6 Å². The summed E-state index contributed by atoms with van der Waals surface area (Å²) in [6.45, 7) is 0.978. The van der Waals surface area contributed by atoms with Crippen LogP contribution in [0.5, 0.6) is 5.75 Å². The van der Waals surface area contributed by atoms with Gasteiger partial charge < -0.3 is 9.64 Å². The van der Waals surface area contributed by atoms with Crippen molar-refractivity contribution >= 4 is 16.7 Å². The van der Waals surface area contributed by atoms with Crippen LogP contribution < -0.4 is 9.64 Å². The summed E-state index contributed by atoms with van der Waals surface area (Å²) in [7, 11) is 3.51. The van der Waals surface area contributed by atoms with E-state index in [1.807, 2.05) is 7.05 Å². The molecule has 0 spiro atoms. The molecule has 1 aromatic carbocycles. The summed E-state index contributed by atoms with van der Waals surface area (Å²) in [6.07, 6.45) is 6.70. The van der Waals surface area contributed by atoms with Gasteiger partial charge >= 0.3 is 0 Å². The first kappa shape index (κ1) is 14.0. The zero-order chi connectivity index (χ0) is 14.8. The molecule has 0 amide bonds. The van der Waals surface area contributed by atoms with Crippen molar-refractivity contribution in [1.29, 1.82) is 0 Å². The Morgan fingerprint density at radius 1 is 1.29 bits per heavy atom. The number of ether oxygens (including phenoxy) is 1. The molecule has 1 fully saturated rings. The van der Waals surface area contributed by atoms with Crippen LogP contribution in [0.4, 0.5) is 10.2 Å². The molecule has 1 aliphatic rings. The number of hydrogen-bond donors (Lipinski definition) is 0. The average Bonchev–Trinajstić information content (AvgIpc) is 2.98. The van der Waals surface area contributed by atoms with Crippen LogP contribution >= 0.6 is 0 Å². The maximum absolute atomic E-state index is 13.8. The summed E-state index contributed by atoms with van der Waals surface area (Å²) >= 11 is 0. The van der Waals surface area contributed by atoms with Gasteiger partial charge in [-0.3, -0.25) is 0 Å². The van der Waals surface area contributed by atoms with E-state index in [0.29, 0.717) is 5.52 Å². The van der Waals surface area contributed by atoms with Crippen LogP contribution in [0.25, 0.3) is 10.9 Å². The lowest BCUT2D eigenvalue weighted by Crippen LogP contribution is -2.25. The van der Waals surface area contributed by atoms with Gasteiger partial charge in [-0.15, -0.1) is 0 Å². The van der Waals surface area contributed by atoms with Gasteiger partial charge in [0.05, 0.1) is 12.6 Å². The number of rotatable bonds is 4. The first-order valence-electron chi connectivity index (χ1n) is 7.38. The highest BCUT2D eigenvalue weighted by Gasteiger charge is 2.19. The largest absolute Gasteiger partial charge is 0.494 e. The maximum Gasteiger partial charge on any atom is 0.167 e. The lowest BCUT2D eigenvalue weighted by molar-refractivity contribution is 0.387. The van der Waals surface area contributed by atoms with Crippen molar-refractivity contribution in [2.24, 2.45) is 5.92 Å². The predicted octanol–water partition coefficient (Wildman–Crippen LogP) is 3.40. The SMILES string of the molecule is COc1cc2c(N(C)CC3CCCC3)ncnc2cc1F. The minimum atomic E-state index is -0.395. The van der Waals surface area contributed by atoms with Gasteiger partial charge in [0.15, 0.2) is 11.6 Å². The second-order valence-corrected chi connectivity index (χ2v) is 5.73. The highest BCUT2D eigenvalue weighted by Crippen LogP contribution is 2.31. The quantitative estimate of drug-likeness (QED) is 0.864. The Bertz CT molecular complexity index is 641. The second-order valence-electron chi connectivity index (χ2n) is 5.73. The number of nitrogens with zero attached hydrogens (tertiary/aromatic N) is 3. The average molecular weight is 289 g/mol. The number of aromatic nitrogens is 2. The molecule has 1 aromatic heterocycles. The third-order valence-corrected chi connectivity index (χ3v) is 4.26. The van der Waals surface area contributed by atoms with Gasteiger partial charge in [0.1, 0.15) is 12.1 Å². The molecule has 21 heavy (non-hydrogen) atoms. The van der Waals surface area contributed by atoms with Crippen LogP contribution in [0.2, 0.25) is 0 Å². The van der Waals surface area contributed by atoms with Gasteiger partial charge in [-0.1, -0.05) is 12.8 Å². The summed E-state index contributed by atoms with van der Waals surface area (Å²) < 4.78 is 18.9. The van der Waals surface area contributed by atoms with Crippen molar-refractivity contribution < 1.29 is 9.13 Å². The Labute approximate surface area is 124 Å². The molecule has 112 valence electrons. The van der Waals surface area contributed by atoms with Crippen molar-refractivity contribution in [3.05, 3.63) is 24.3 Å². The predicted molar refractivity (Wildman–Crippen MR) is 81.3 cm³/mol. The number of fused-ring (bicyclic) bond motifs is 1. The van der Waals surface area contributed by atoms with E-state index in [-0.39, 0.29) is 5.75 Å². The van der Waals surface area contributed by atoms with Gasteiger partial charge in [0.25, 0.3) is 0 Å². The van der Waals surface area contributed by atoms with E-state index in [4.69, 9.17) is 4.74 Å². The molecular weight excluding hydrogens is 269 g/mol. The highest BCUT2D eigenvalue weighted by atomic mass is 19.1. The van der Waals surface area contributed by atoms with E-state index in [0.717, 1.165) is 23.7 Å². The van der Waals surface area contributed by atoms with Crippen LogP contribution in [0.1, 0.15) is 25.7 Å². The summed E-state index contributed by atoms with van der Waals surface area (Å²) in [6, 6.07) is 3.09. The van der Waals surface area contributed by atoms with Crippen LogP contribution in [0.15, 0.2) is 18.5 Å². The second kappa shape index (κ2) is 5.84. The summed E-state index contributed by atoms with van der Waals surface area (Å²) in [4.78, 5) is 10.7. The number of halogens is 1. The number of methoxy groups -OCH3 is 1. The fourth-order valence-electron chi connectivity index (χ4n) is 3.17. The van der Waals surface area contributed by atoms with E-state index in [1.54, 1.807) is 6.07 Å². The normalized spacial score (nSPS) is 15.6. The Balaban J connectivity index is 1.96. The zero-order valence-corrected chi connectivity index (χ0v) is 12.5. The molecule has 2 aromatic rings. The minimum absolute atomic E-state index is 0.229. The molecule has 3 rings (SSSR count). The molecule has 1 heterocycles. The Kier molecular flexibility index (Phi) is 3.90. The molecule has 0 atom stereocenters. The van der Waals surface area contributed by atoms with Gasteiger partial charge in [-0.2, -0.15) is 0 Å². The molecule has 1 aliphatic carbocycles. The van der Waals surface area contributed by atoms with E-state index < -0.39 is 5.82 Å². The zero-order valence-electron chi connectivity index (χ0n) is 12.5. The monoisotopic (exact) mass is 289 g/mol. The van der Waals surface area contributed by atoms with Crippen molar-refractivity contribution in [1.82, 2.24) is 9.97 Å². The molecule has 0 unspecified atom stereocenters. The van der Waals surface area contributed by atoms with E-state index >= 15 is 0 Å². The third-order valence-electron chi connectivity index (χ3n) is 4.26.